The van der Waals surface area contributed by atoms with Gasteiger partial charge in [-0.3, -0.25) is 4.79 Å². The first-order chi connectivity index (χ1) is 9.62. The van der Waals surface area contributed by atoms with Crippen LogP contribution < -0.4 is 14.8 Å². The maximum Gasteiger partial charge on any atom is 0.230 e. The monoisotopic (exact) mass is 292 g/mol. The third-order valence-electron chi connectivity index (χ3n) is 2.71. The highest BCUT2D eigenvalue weighted by atomic mass is 32.1. The third-order valence-corrected chi connectivity index (χ3v) is 3.54. The van der Waals surface area contributed by atoms with Crippen LogP contribution in [0.4, 0.5) is 5.13 Å². The van der Waals surface area contributed by atoms with Gasteiger partial charge in [-0.15, -0.1) is 11.3 Å². The fourth-order valence-corrected chi connectivity index (χ4v) is 2.43. The summed E-state index contributed by atoms with van der Waals surface area (Å²) in [6.07, 6.45) is 1.96. The van der Waals surface area contributed by atoms with E-state index in [9.17, 15) is 4.79 Å². The molecule has 1 heterocycles. The van der Waals surface area contributed by atoms with E-state index in [1.165, 1.54) is 11.3 Å². The molecule has 0 unspecified atom stereocenters. The molecule has 2 rings (SSSR count). The fourth-order valence-electron chi connectivity index (χ4n) is 1.75. The molecule has 1 amide bonds. The molecule has 1 N–H and O–H groups in total. The molecule has 5 nitrogen and oxygen atoms in total. The lowest BCUT2D eigenvalue weighted by atomic mass is 10.1. The summed E-state index contributed by atoms with van der Waals surface area (Å²) in [5, 5.41) is 3.38. The number of methoxy groups -OCH3 is 2. The van der Waals surface area contributed by atoms with Gasteiger partial charge in [0.1, 0.15) is 11.5 Å². The summed E-state index contributed by atoms with van der Waals surface area (Å²) < 4.78 is 10.4. The highest BCUT2D eigenvalue weighted by Crippen LogP contribution is 2.25. The van der Waals surface area contributed by atoms with Crippen LogP contribution in [-0.2, 0) is 11.2 Å². The molecule has 1 aromatic heterocycles. The van der Waals surface area contributed by atoms with Crippen molar-refractivity contribution in [3.63, 3.8) is 0 Å². The highest BCUT2D eigenvalue weighted by molar-refractivity contribution is 7.15. The van der Waals surface area contributed by atoms with Crippen molar-refractivity contribution in [2.24, 2.45) is 0 Å². The molecule has 0 aliphatic heterocycles. The van der Waals surface area contributed by atoms with Gasteiger partial charge in [0.05, 0.1) is 20.6 Å². The maximum atomic E-state index is 12.0. The van der Waals surface area contributed by atoms with E-state index in [-0.39, 0.29) is 12.3 Å². The molecule has 20 heavy (non-hydrogen) atoms. The second-order valence-corrected chi connectivity index (χ2v) is 5.41. The number of anilines is 1. The normalized spacial score (nSPS) is 10.2. The summed E-state index contributed by atoms with van der Waals surface area (Å²) in [4.78, 5) is 17.1. The van der Waals surface area contributed by atoms with Crippen LogP contribution in [0.15, 0.2) is 24.4 Å². The summed E-state index contributed by atoms with van der Waals surface area (Å²) in [5.41, 5.74) is 0.805. The van der Waals surface area contributed by atoms with Crippen LogP contribution in [0, 0.1) is 6.92 Å². The first kappa shape index (κ1) is 14.3. The van der Waals surface area contributed by atoms with Crippen LogP contribution in [0.25, 0.3) is 0 Å². The molecule has 2 aromatic rings. The van der Waals surface area contributed by atoms with Crippen molar-refractivity contribution in [3.05, 3.63) is 34.8 Å². The average molecular weight is 292 g/mol. The van der Waals surface area contributed by atoms with Crippen molar-refractivity contribution in [1.82, 2.24) is 4.98 Å². The molecule has 0 aliphatic rings. The summed E-state index contributed by atoms with van der Waals surface area (Å²) in [5.74, 6) is 1.21. The Balaban J connectivity index is 2.07. The van der Waals surface area contributed by atoms with E-state index >= 15 is 0 Å². The molecule has 0 saturated heterocycles. The van der Waals surface area contributed by atoms with Crippen LogP contribution in [0.1, 0.15) is 10.4 Å². The number of benzene rings is 1. The van der Waals surface area contributed by atoms with Gasteiger partial charge in [-0.1, -0.05) is 6.07 Å². The Labute approximate surface area is 121 Å². The number of carbonyl (C=O) groups is 1. The minimum absolute atomic E-state index is 0.122. The molecule has 1 aromatic carbocycles. The SMILES string of the molecule is COc1ccc(CC(=O)Nc2ncc(C)s2)c(OC)c1. The second kappa shape index (κ2) is 6.38. The summed E-state index contributed by atoms with van der Waals surface area (Å²) >= 11 is 1.45. The van der Waals surface area contributed by atoms with E-state index < -0.39 is 0 Å². The Hall–Kier alpha value is -2.08. The van der Waals surface area contributed by atoms with Gasteiger partial charge in [-0.05, 0) is 13.0 Å². The number of hydrogen-bond acceptors (Lipinski definition) is 5. The van der Waals surface area contributed by atoms with Gasteiger partial charge in [0.15, 0.2) is 5.13 Å². The Bertz CT molecular complexity index is 610. The zero-order valence-corrected chi connectivity index (χ0v) is 12.4. The number of ether oxygens (including phenoxy) is 2. The minimum Gasteiger partial charge on any atom is -0.497 e. The molecule has 0 spiro atoms. The van der Waals surface area contributed by atoms with Gasteiger partial charge < -0.3 is 14.8 Å². The Kier molecular flexibility index (Phi) is 4.57. The van der Waals surface area contributed by atoms with Gasteiger partial charge in [0.2, 0.25) is 5.91 Å². The third kappa shape index (κ3) is 3.48. The van der Waals surface area contributed by atoms with Crippen LogP contribution in [0.5, 0.6) is 11.5 Å². The molecule has 106 valence electrons. The second-order valence-electron chi connectivity index (χ2n) is 4.18. The first-order valence-corrected chi connectivity index (χ1v) is 6.87. The van der Waals surface area contributed by atoms with Crippen molar-refractivity contribution in [3.8, 4) is 11.5 Å². The van der Waals surface area contributed by atoms with E-state index in [4.69, 9.17) is 9.47 Å². The van der Waals surface area contributed by atoms with Crippen LogP contribution in [0.2, 0.25) is 0 Å². The van der Waals surface area contributed by atoms with Gasteiger partial charge in [0.25, 0.3) is 0 Å². The topological polar surface area (TPSA) is 60.5 Å². The largest absolute Gasteiger partial charge is 0.497 e. The van der Waals surface area contributed by atoms with Gasteiger partial charge >= 0.3 is 0 Å². The minimum atomic E-state index is -0.122. The van der Waals surface area contributed by atoms with Crippen LogP contribution in [-0.4, -0.2) is 25.1 Å². The Morgan fingerprint density at radius 3 is 2.75 bits per heavy atom. The van der Waals surface area contributed by atoms with Crippen molar-refractivity contribution in [2.75, 3.05) is 19.5 Å². The summed E-state index contributed by atoms with van der Waals surface area (Å²) in [6.45, 7) is 1.94. The van der Waals surface area contributed by atoms with Gasteiger partial charge in [-0.2, -0.15) is 0 Å². The lowest BCUT2D eigenvalue weighted by Gasteiger charge is -2.10. The molecular formula is C14H16N2O3S. The van der Waals surface area contributed by atoms with Crippen molar-refractivity contribution >= 4 is 22.4 Å². The zero-order chi connectivity index (χ0) is 14.5. The van der Waals surface area contributed by atoms with Crippen molar-refractivity contribution in [1.29, 1.82) is 0 Å². The van der Waals surface area contributed by atoms with E-state index in [0.29, 0.717) is 16.6 Å². The summed E-state index contributed by atoms with van der Waals surface area (Å²) in [6, 6.07) is 5.39. The standard InChI is InChI=1S/C14H16N2O3S/c1-9-8-15-14(20-9)16-13(17)6-10-4-5-11(18-2)7-12(10)19-3/h4-5,7-8H,6H2,1-3H3,(H,15,16,17). The maximum absolute atomic E-state index is 12.0. The number of rotatable bonds is 5. The van der Waals surface area contributed by atoms with Gasteiger partial charge in [-0.25, -0.2) is 4.98 Å². The van der Waals surface area contributed by atoms with Gasteiger partial charge in [0, 0.05) is 22.7 Å². The number of amides is 1. The average Bonchev–Trinajstić information content (AvgIpc) is 2.84. The molecule has 0 radical (unpaired) electrons. The first-order valence-electron chi connectivity index (χ1n) is 6.05. The molecular weight excluding hydrogens is 276 g/mol. The van der Waals surface area contributed by atoms with E-state index in [1.54, 1.807) is 32.5 Å². The van der Waals surface area contributed by atoms with E-state index in [0.717, 1.165) is 10.4 Å². The summed E-state index contributed by atoms with van der Waals surface area (Å²) in [7, 11) is 3.16. The number of thiazole rings is 1. The smallest absolute Gasteiger partial charge is 0.230 e. The predicted octanol–water partition coefficient (Wildman–Crippen LogP) is 2.65. The van der Waals surface area contributed by atoms with E-state index in [2.05, 4.69) is 10.3 Å². The molecule has 0 aliphatic carbocycles. The van der Waals surface area contributed by atoms with Crippen molar-refractivity contribution in [2.45, 2.75) is 13.3 Å². The highest BCUT2D eigenvalue weighted by Gasteiger charge is 2.11. The number of nitrogens with one attached hydrogen (secondary N) is 1. The molecule has 0 bridgehead atoms. The lowest BCUT2D eigenvalue weighted by Crippen LogP contribution is -2.14. The van der Waals surface area contributed by atoms with E-state index in [1.807, 2.05) is 13.0 Å². The molecule has 6 heteroatoms. The Morgan fingerprint density at radius 2 is 2.15 bits per heavy atom. The van der Waals surface area contributed by atoms with Crippen LogP contribution in [0.3, 0.4) is 0 Å². The number of aryl methyl sites for hydroxylation is 1. The number of aromatic nitrogens is 1. The number of nitrogens with zero attached hydrogens (tertiary/aromatic N) is 1. The molecule has 0 fully saturated rings. The quantitative estimate of drug-likeness (QED) is 0.920. The van der Waals surface area contributed by atoms with Crippen molar-refractivity contribution < 1.29 is 14.3 Å². The molecule has 0 saturated carbocycles. The van der Waals surface area contributed by atoms with Crippen LogP contribution >= 0.6 is 11.3 Å². The number of hydrogen-bond donors (Lipinski definition) is 1. The predicted molar refractivity (Wildman–Crippen MR) is 78.7 cm³/mol. The zero-order valence-electron chi connectivity index (χ0n) is 11.6. The fraction of sp³-hybridized carbons (Fsp3) is 0.286. The molecule has 0 atom stereocenters. The number of carbonyl (C=O) groups excluding carboxylic acids is 1. The Morgan fingerprint density at radius 1 is 1.35 bits per heavy atom. The lowest BCUT2D eigenvalue weighted by molar-refractivity contribution is -0.115.